The van der Waals surface area contributed by atoms with E-state index in [1.165, 1.54) is 0 Å². The van der Waals surface area contributed by atoms with Gasteiger partial charge in [-0.05, 0) is 30.9 Å². The predicted molar refractivity (Wildman–Crippen MR) is 109 cm³/mol. The van der Waals surface area contributed by atoms with Gasteiger partial charge in [-0.1, -0.05) is 6.07 Å². The van der Waals surface area contributed by atoms with E-state index in [0.717, 1.165) is 38.0 Å². The van der Waals surface area contributed by atoms with Crippen molar-refractivity contribution in [1.29, 1.82) is 0 Å². The van der Waals surface area contributed by atoms with Crippen LogP contribution in [-0.4, -0.2) is 86.9 Å². The number of nitrogens with one attached hydrogen (secondary N) is 1. The minimum Gasteiger partial charge on any atom is -0.356 e. The third kappa shape index (κ3) is 5.15. The Labute approximate surface area is 174 Å². The van der Waals surface area contributed by atoms with Crippen molar-refractivity contribution < 1.29 is 21.6 Å². The Morgan fingerprint density at radius 2 is 1.83 bits per heavy atom. The van der Waals surface area contributed by atoms with Crippen LogP contribution in [0.3, 0.4) is 0 Å². The van der Waals surface area contributed by atoms with Crippen LogP contribution in [0.5, 0.6) is 0 Å². The van der Waals surface area contributed by atoms with Crippen LogP contribution in [0.15, 0.2) is 29.4 Å². The molecule has 12 heteroatoms. The van der Waals surface area contributed by atoms with E-state index >= 15 is 0 Å². The van der Waals surface area contributed by atoms with Gasteiger partial charge in [0.1, 0.15) is 5.82 Å². The highest BCUT2D eigenvalue weighted by atomic mass is 32.2. The Balaban J connectivity index is 1.45. The molecular weight excluding hydrogens is 421 g/mol. The Morgan fingerprint density at radius 3 is 2.37 bits per heavy atom. The average Bonchev–Trinajstić information content (AvgIpc) is 2.75. The number of nitrogens with zero attached hydrogens (tertiary/aromatic N) is 5. The van der Waals surface area contributed by atoms with E-state index in [-0.39, 0.29) is 19.0 Å². The topological polar surface area (TPSA) is 81.1 Å². The fourth-order valence-corrected chi connectivity index (χ4v) is 4.74. The Morgan fingerprint density at radius 1 is 1.17 bits per heavy atom. The molecular formula is C18H27F3N6O2S. The number of aliphatic imine (C=N–C) groups is 1. The van der Waals surface area contributed by atoms with Crippen molar-refractivity contribution in [3.8, 4) is 0 Å². The number of sulfonamides is 1. The second kappa shape index (κ2) is 9.38. The minimum absolute atomic E-state index is 0.0937. The average molecular weight is 449 g/mol. The highest BCUT2D eigenvalue weighted by molar-refractivity contribution is 7.90. The monoisotopic (exact) mass is 448 g/mol. The molecule has 0 saturated carbocycles. The zero-order valence-electron chi connectivity index (χ0n) is 16.8. The Bertz CT molecular complexity index is 818. The number of piperazine rings is 1. The molecule has 2 saturated heterocycles. The van der Waals surface area contributed by atoms with Gasteiger partial charge in [0.2, 0.25) is 0 Å². The zero-order chi connectivity index (χ0) is 21.8. The number of hydrogen-bond acceptors (Lipinski definition) is 5. The molecule has 1 N–H and O–H groups in total. The quantitative estimate of drug-likeness (QED) is 0.553. The SMILES string of the molecule is CN=C(NCC1CCN(S(=O)(=O)C(F)(F)F)CC1)N1CCN(c2ccccn2)CC1. The highest BCUT2D eigenvalue weighted by Gasteiger charge is 2.50. The van der Waals surface area contributed by atoms with Gasteiger partial charge in [0.15, 0.2) is 5.96 Å². The summed E-state index contributed by atoms with van der Waals surface area (Å²) in [5.41, 5.74) is -5.24. The molecule has 2 aliphatic rings. The van der Waals surface area contributed by atoms with Gasteiger partial charge in [0.25, 0.3) is 0 Å². The summed E-state index contributed by atoms with van der Waals surface area (Å²) in [5.74, 6) is 1.79. The number of alkyl halides is 3. The van der Waals surface area contributed by atoms with Crippen molar-refractivity contribution in [2.45, 2.75) is 18.3 Å². The van der Waals surface area contributed by atoms with Crippen LogP contribution in [0, 0.1) is 5.92 Å². The second-order valence-corrected chi connectivity index (χ2v) is 9.31. The van der Waals surface area contributed by atoms with Crippen LogP contribution in [0.2, 0.25) is 0 Å². The summed E-state index contributed by atoms with van der Waals surface area (Å²) in [4.78, 5) is 13.0. The van der Waals surface area contributed by atoms with Gasteiger partial charge in [0.05, 0.1) is 0 Å². The first-order chi connectivity index (χ1) is 14.2. The van der Waals surface area contributed by atoms with Gasteiger partial charge in [0, 0.05) is 59.1 Å². The molecule has 0 radical (unpaired) electrons. The summed E-state index contributed by atoms with van der Waals surface area (Å²) < 4.78 is 61.6. The van der Waals surface area contributed by atoms with Gasteiger partial charge >= 0.3 is 15.5 Å². The molecule has 2 aliphatic heterocycles. The van der Waals surface area contributed by atoms with E-state index in [9.17, 15) is 21.6 Å². The molecule has 0 atom stereocenters. The van der Waals surface area contributed by atoms with Gasteiger partial charge in [-0.3, -0.25) is 4.99 Å². The number of halogens is 3. The summed E-state index contributed by atoms with van der Waals surface area (Å²) in [6.07, 6.45) is 2.53. The van der Waals surface area contributed by atoms with Crippen molar-refractivity contribution >= 4 is 21.8 Å². The molecule has 168 valence electrons. The lowest BCUT2D eigenvalue weighted by Gasteiger charge is -2.38. The van der Waals surface area contributed by atoms with Crippen LogP contribution >= 0.6 is 0 Å². The predicted octanol–water partition coefficient (Wildman–Crippen LogP) is 1.34. The smallest absolute Gasteiger partial charge is 0.356 e. The van der Waals surface area contributed by atoms with Crippen molar-refractivity contribution in [2.75, 3.05) is 57.8 Å². The maximum atomic E-state index is 12.7. The second-order valence-electron chi connectivity index (χ2n) is 7.38. The summed E-state index contributed by atoms with van der Waals surface area (Å²) in [6.45, 7) is 3.49. The lowest BCUT2D eigenvalue weighted by molar-refractivity contribution is -0.0496. The Hall–Kier alpha value is -2.08. The van der Waals surface area contributed by atoms with E-state index in [1.807, 2.05) is 18.2 Å². The molecule has 0 unspecified atom stereocenters. The van der Waals surface area contributed by atoms with E-state index in [0.29, 0.717) is 23.7 Å². The molecule has 3 rings (SSSR count). The molecule has 0 amide bonds. The first kappa shape index (κ1) is 22.6. The van der Waals surface area contributed by atoms with E-state index in [1.54, 1.807) is 13.2 Å². The van der Waals surface area contributed by atoms with E-state index in [2.05, 4.69) is 25.1 Å². The van der Waals surface area contributed by atoms with Crippen LogP contribution in [0.25, 0.3) is 0 Å². The number of piperidine rings is 1. The molecule has 0 spiro atoms. The fraction of sp³-hybridized carbons (Fsp3) is 0.667. The highest BCUT2D eigenvalue weighted by Crippen LogP contribution is 2.30. The molecule has 2 fully saturated rings. The van der Waals surface area contributed by atoms with E-state index < -0.39 is 15.5 Å². The normalized spacial score (nSPS) is 20.5. The summed E-state index contributed by atoms with van der Waals surface area (Å²) in [6, 6.07) is 5.82. The fourth-order valence-electron chi connectivity index (χ4n) is 3.76. The molecule has 1 aromatic rings. The Kier molecular flexibility index (Phi) is 7.06. The van der Waals surface area contributed by atoms with Crippen molar-refractivity contribution in [3.05, 3.63) is 24.4 Å². The van der Waals surface area contributed by atoms with Gasteiger partial charge in [-0.2, -0.15) is 17.5 Å². The van der Waals surface area contributed by atoms with Gasteiger partial charge < -0.3 is 15.1 Å². The van der Waals surface area contributed by atoms with Crippen LogP contribution in [0.1, 0.15) is 12.8 Å². The maximum Gasteiger partial charge on any atom is 0.511 e. The molecule has 30 heavy (non-hydrogen) atoms. The maximum absolute atomic E-state index is 12.7. The van der Waals surface area contributed by atoms with Crippen LogP contribution in [-0.2, 0) is 10.0 Å². The zero-order valence-corrected chi connectivity index (χ0v) is 17.7. The largest absolute Gasteiger partial charge is 0.511 e. The molecule has 1 aromatic heterocycles. The third-order valence-corrected chi connectivity index (χ3v) is 7.15. The van der Waals surface area contributed by atoms with Gasteiger partial charge in [-0.25, -0.2) is 13.4 Å². The molecule has 8 nitrogen and oxygen atoms in total. The number of rotatable bonds is 4. The van der Waals surface area contributed by atoms with Crippen molar-refractivity contribution in [3.63, 3.8) is 0 Å². The summed E-state index contributed by atoms with van der Waals surface area (Å²) in [7, 11) is -3.53. The first-order valence-corrected chi connectivity index (χ1v) is 11.3. The number of guanidine groups is 1. The van der Waals surface area contributed by atoms with Crippen molar-refractivity contribution in [2.24, 2.45) is 10.9 Å². The molecule has 0 aromatic carbocycles. The number of hydrogen-bond donors (Lipinski definition) is 1. The first-order valence-electron chi connectivity index (χ1n) is 9.90. The number of pyridine rings is 1. The molecule has 0 bridgehead atoms. The molecule has 3 heterocycles. The lowest BCUT2D eigenvalue weighted by Crippen LogP contribution is -2.53. The molecule has 0 aliphatic carbocycles. The third-order valence-electron chi connectivity index (χ3n) is 5.52. The van der Waals surface area contributed by atoms with Crippen LogP contribution in [0.4, 0.5) is 19.0 Å². The van der Waals surface area contributed by atoms with Crippen LogP contribution < -0.4 is 10.2 Å². The van der Waals surface area contributed by atoms with E-state index in [4.69, 9.17) is 0 Å². The summed E-state index contributed by atoms with van der Waals surface area (Å²) >= 11 is 0. The number of anilines is 1. The van der Waals surface area contributed by atoms with Gasteiger partial charge in [-0.15, -0.1) is 0 Å². The number of aromatic nitrogens is 1. The van der Waals surface area contributed by atoms with Crippen molar-refractivity contribution in [1.82, 2.24) is 19.5 Å². The lowest BCUT2D eigenvalue weighted by atomic mass is 9.98. The minimum atomic E-state index is -5.24. The summed E-state index contributed by atoms with van der Waals surface area (Å²) in [5, 5.41) is 3.30. The standard InChI is InChI=1S/C18H27F3N6O2S/c1-22-17(26-12-10-25(11-13-26)16-4-2-3-7-23-16)24-14-15-5-8-27(9-6-15)30(28,29)18(19,20)21/h2-4,7,15H,5-6,8-14H2,1H3,(H,22,24).